The van der Waals surface area contributed by atoms with Crippen LogP contribution in [0.4, 0.5) is 0 Å². The highest BCUT2D eigenvalue weighted by Gasteiger charge is 2.03. The number of hydrogen-bond acceptors (Lipinski definition) is 1. The first-order chi connectivity index (χ1) is 8.58. The van der Waals surface area contributed by atoms with Gasteiger partial charge in [-0.2, -0.15) is 0 Å². The zero-order valence-electron chi connectivity index (χ0n) is 10.7. The highest BCUT2D eigenvalue weighted by molar-refractivity contribution is 5.94. The molecule has 0 atom stereocenters. The SMILES string of the molecule is C=C(c1ccc(C)cc1)c1ccc(C(C)=O)cc1. The first-order valence-corrected chi connectivity index (χ1v) is 5.95. The number of aryl methyl sites for hydroxylation is 1. The third-order valence-electron chi connectivity index (χ3n) is 3.04. The quantitative estimate of drug-likeness (QED) is 0.728. The van der Waals surface area contributed by atoms with Crippen molar-refractivity contribution in [2.45, 2.75) is 13.8 Å². The molecule has 0 amide bonds. The Morgan fingerprint density at radius 2 is 1.22 bits per heavy atom. The summed E-state index contributed by atoms with van der Waals surface area (Å²) in [7, 11) is 0. The van der Waals surface area contributed by atoms with Crippen LogP contribution >= 0.6 is 0 Å². The molecule has 0 saturated carbocycles. The maximum absolute atomic E-state index is 11.2. The van der Waals surface area contributed by atoms with E-state index in [1.54, 1.807) is 6.92 Å². The van der Waals surface area contributed by atoms with Crippen LogP contribution in [0.25, 0.3) is 5.57 Å². The fourth-order valence-electron chi connectivity index (χ4n) is 1.83. The number of carbonyl (C=O) groups is 1. The fourth-order valence-corrected chi connectivity index (χ4v) is 1.83. The maximum Gasteiger partial charge on any atom is 0.159 e. The van der Waals surface area contributed by atoms with E-state index in [0.717, 1.165) is 22.3 Å². The topological polar surface area (TPSA) is 17.1 Å². The molecule has 0 unspecified atom stereocenters. The van der Waals surface area contributed by atoms with Crippen molar-refractivity contribution >= 4 is 11.4 Å². The number of Topliss-reactive ketones (excluding diaryl/α,β-unsaturated/α-hetero) is 1. The normalized spacial score (nSPS) is 10.1. The van der Waals surface area contributed by atoms with Crippen molar-refractivity contribution in [3.63, 3.8) is 0 Å². The summed E-state index contributed by atoms with van der Waals surface area (Å²) in [6, 6.07) is 15.9. The molecule has 0 aliphatic heterocycles. The van der Waals surface area contributed by atoms with Crippen LogP contribution in [-0.4, -0.2) is 5.78 Å². The summed E-state index contributed by atoms with van der Waals surface area (Å²) in [6.45, 7) is 7.75. The summed E-state index contributed by atoms with van der Waals surface area (Å²) in [4.78, 5) is 11.2. The second-order valence-electron chi connectivity index (χ2n) is 4.48. The van der Waals surface area contributed by atoms with Gasteiger partial charge in [-0.05, 0) is 30.5 Å². The van der Waals surface area contributed by atoms with Gasteiger partial charge in [-0.3, -0.25) is 4.79 Å². The fraction of sp³-hybridized carbons (Fsp3) is 0.118. The highest BCUT2D eigenvalue weighted by Crippen LogP contribution is 2.22. The molecule has 0 spiro atoms. The molecule has 0 bridgehead atoms. The zero-order valence-corrected chi connectivity index (χ0v) is 10.7. The number of rotatable bonds is 3. The lowest BCUT2D eigenvalue weighted by atomic mass is 9.97. The van der Waals surface area contributed by atoms with Gasteiger partial charge in [0.25, 0.3) is 0 Å². The summed E-state index contributed by atoms with van der Waals surface area (Å²) in [6.07, 6.45) is 0. The molecule has 0 aliphatic rings. The van der Waals surface area contributed by atoms with Crippen molar-refractivity contribution in [2.24, 2.45) is 0 Å². The molecule has 0 N–H and O–H groups in total. The Morgan fingerprint density at radius 3 is 1.67 bits per heavy atom. The van der Waals surface area contributed by atoms with Gasteiger partial charge in [-0.25, -0.2) is 0 Å². The molecule has 0 radical (unpaired) electrons. The summed E-state index contributed by atoms with van der Waals surface area (Å²) in [5.41, 5.74) is 5.10. The summed E-state index contributed by atoms with van der Waals surface area (Å²) in [5.74, 6) is 0.0856. The minimum atomic E-state index is 0.0856. The molecular weight excluding hydrogens is 220 g/mol. The van der Waals surface area contributed by atoms with Crippen molar-refractivity contribution in [2.75, 3.05) is 0 Å². The molecule has 0 aromatic heterocycles. The third-order valence-corrected chi connectivity index (χ3v) is 3.04. The van der Waals surface area contributed by atoms with Crippen LogP contribution in [0.3, 0.4) is 0 Å². The molecule has 0 heterocycles. The van der Waals surface area contributed by atoms with Crippen LogP contribution in [0.15, 0.2) is 55.1 Å². The maximum atomic E-state index is 11.2. The van der Waals surface area contributed by atoms with Crippen LogP contribution in [0.1, 0.15) is 34.0 Å². The molecule has 0 saturated heterocycles. The average Bonchev–Trinajstić information content (AvgIpc) is 2.39. The first kappa shape index (κ1) is 12.3. The Balaban J connectivity index is 2.28. The van der Waals surface area contributed by atoms with Gasteiger partial charge in [0.15, 0.2) is 5.78 Å². The zero-order chi connectivity index (χ0) is 13.1. The lowest BCUT2D eigenvalue weighted by Crippen LogP contribution is -1.92. The van der Waals surface area contributed by atoms with Gasteiger partial charge in [0, 0.05) is 5.56 Å². The Morgan fingerprint density at radius 1 is 0.833 bits per heavy atom. The summed E-state index contributed by atoms with van der Waals surface area (Å²) in [5, 5.41) is 0. The van der Waals surface area contributed by atoms with Gasteiger partial charge in [-0.15, -0.1) is 0 Å². The molecule has 1 heteroatoms. The van der Waals surface area contributed by atoms with Crippen molar-refractivity contribution < 1.29 is 4.79 Å². The standard InChI is InChI=1S/C17H16O/c1-12-4-6-15(7-5-12)13(2)16-8-10-17(11-9-16)14(3)18/h4-11H,2H2,1,3H3. The highest BCUT2D eigenvalue weighted by atomic mass is 16.1. The van der Waals surface area contributed by atoms with E-state index >= 15 is 0 Å². The Labute approximate surface area is 108 Å². The molecule has 2 rings (SSSR count). The average molecular weight is 236 g/mol. The van der Waals surface area contributed by atoms with Crippen molar-refractivity contribution in [3.8, 4) is 0 Å². The van der Waals surface area contributed by atoms with Gasteiger partial charge in [0.05, 0.1) is 0 Å². The van der Waals surface area contributed by atoms with E-state index in [1.165, 1.54) is 5.56 Å². The van der Waals surface area contributed by atoms with Gasteiger partial charge in [0.2, 0.25) is 0 Å². The predicted octanol–water partition coefficient (Wildman–Crippen LogP) is 4.26. The van der Waals surface area contributed by atoms with Gasteiger partial charge < -0.3 is 0 Å². The van der Waals surface area contributed by atoms with E-state index in [2.05, 4.69) is 37.8 Å². The van der Waals surface area contributed by atoms with E-state index in [4.69, 9.17) is 0 Å². The number of ketones is 1. The minimum Gasteiger partial charge on any atom is -0.295 e. The van der Waals surface area contributed by atoms with Crippen molar-refractivity contribution in [3.05, 3.63) is 77.4 Å². The van der Waals surface area contributed by atoms with Gasteiger partial charge in [-0.1, -0.05) is 60.7 Å². The van der Waals surface area contributed by atoms with Crippen molar-refractivity contribution in [1.29, 1.82) is 0 Å². The Bertz CT molecular complexity index is 574. The smallest absolute Gasteiger partial charge is 0.159 e. The van der Waals surface area contributed by atoms with E-state index < -0.39 is 0 Å². The summed E-state index contributed by atoms with van der Waals surface area (Å²) < 4.78 is 0. The van der Waals surface area contributed by atoms with E-state index in [1.807, 2.05) is 24.3 Å². The lowest BCUT2D eigenvalue weighted by molar-refractivity contribution is 0.101. The van der Waals surface area contributed by atoms with Crippen LogP contribution < -0.4 is 0 Å². The van der Waals surface area contributed by atoms with Crippen LogP contribution in [0.5, 0.6) is 0 Å². The second-order valence-corrected chi connectivity index (χ2v) is 4.48. The monoisotopic (exact) mass is 236 g/mol. The molecule has 18 heavy (non-hydrogen) atoms. The number of benzene rings is 2. The van der Waals surface area contributed by atoms with Crippen LogP contribution in [0, 0.1) is 6.92 Å². The van der Waals surface area contributed by atoms with Gasteiger partial charge >= 0.3 is 0 Å². The first-order valence-electron chi connectivity index (χ1n) is 5.95. The lowest BCUT2D eigenvalue weighted by Gasteiger charge is -2.07. The number of hydrogen-bond donors (Lipinski definition) is 0. The molecule has 1 nitrogen and oxygen atoms in total. The molecule has 2 aromatic carbocycles. The Kier molecular flexibility index (Phi) is 3.42. The molecule has 90 valence electrons. The second kappa shape index (κ2) is 5.01. The van der Waals surface area contributed by atoms with Crippen LogP contribution in [0.2, 0.25) is 0 Å². The third kappa shape index (κ3) is 2.57. The molecule has 0 aliphatic carbocycles. The largest absolute Gasteiger partial charge is 0.295 e. The summed E-state index contributed by atoms with van der Waals surface area (Å²) >= 11 is 0. The Hall–Kier alpha value is -2.15. The van der Waals surface area contributed by atoms with E-state index in [-0.39, 0.29) is 5.78 Å². The number of carbonyl (C=O) groups excluding carboxylic acids is 1. The van der Waals surface area contributed by atoms with E-state index in [0.29, 0.717) is 0 Å². The van der Waals surface area contributed by atoms with E-state index in [9.17, 15) is 4.79 Å². The molecule has 2 aromatic rings. The van der Waals surface area contributed by atoms with Crippen molar-refractivity contribution in [1.82, 2.24) is 0 Å². The minimum absolute atomic E-state index is 0.0856. The van der Waals surface area contributed by atoms with Crippen LogP contribution in [-0.2, 0) is 0 Å². The molecular formula is C17H16O. The predicted molar refractivity (Wildman–Crippen MR) is 75.8 cm³/mol. The molecule has 0 fully saturated rings. The van der Waals surface area contributed by atoms with Gasteiger partial charge in [0.1, 0.15) is 0 Å².